The number of rotatable bonds is 2. The van der Waals surface area contributed by atoms with Crippen molar-refractivity contribution in [2.24, 2.45) is 17.6 Å². The van der Waals surface area contributed by atoms with Crippen LogP contribution in [-0.4, -0.2) is 16.3 Å². The van der Waals surface area contributed by atoms with Crippen LogP contribution in [0.25, 0.3) is 11.1 Å². The summed E-state index contributed by atoms with van der Waals surface area (Å²) in [6, 6.07) is 8.13. The first kappa shape index (κ1) is 13.0. The van der Waals surface area contributed by atoms with E-state index in [1.165, 1.54) is 6.42 Å². The van der Waals surface area contributed by atoms with Crippen LogP contribution in [0, 0.1) is 11.8 Å². The molecule has 2 N–H and O–H groups in total. The zero-order chi connectivity index (χ0) is 13.4. The van der Waals surface area contributed by atoms with Crippen LogP contribution in [0.3, 0.4) is 0 Å². The Balaban J connectivity index is 1.80. The van der Waals surface area contributed by atoms with Crippen molar-refractivity contribution in [3.63, 3.8) is 0 Å². The molecular weight excluding hydrogens is 256 g/mol. The number of benzene rings is 1. The largest absolute Gasteiger partial charge is 0.431 e. The van der Waals surface area contributed by atoms with E-state index in [2.05, 4.69) is 18.8 Å². The molecule has 0 bridgehead atoms. The highest BCUT2D eigenvalue weighted by molar-refractivity contribution is 7.99. The van der Waals surface area contributed by atoms with Gasteiger partial charge in [-0.1, -0.05) is 37.7 Å². The number of fused-ring (bicyclic) bond motifs is 1. The van der Waals surface area contributed by atoms with E-state index < -0.39 is 0 Å². The molecule has 1 saturated carbocycles. The van der Waals surface area contributed by atoms with Crippen molar-refractivity contribution >= 4 is 22.9 Å². The van der Waals surface area contributed by atoms with Crippen molar-refractivity contribution < 1.29 is 4.42 Å². The third kappa shape index (κ3) is 2.65. The minimum absolute atomic E-state index is 0.235. The lowest BCUT2D eigenvalue weighted by atomic mass is 9.80. The molecule has 1 aliphatic rings. The van der Waals surface area contributed by atoms with Gasteiger partial charge in [-0.05, 0) is 36.8 Å². The van der Waals surface area contributed by atoms with E-state index in [4.69, 9.17) is 10.2 Å². The fraction of sp³-hybridized carbons (Fsp3) is 0.533. The number of para-hydroxylation sites is 2. The van der Waals surface area contributed by atoms with Gasteiger partial charge in [0.25, 0.3) is 5.22 Å². The molecule has 1 aliphatic carbocycles. The third-order valence-corrected chi connectivity index (χ3v) is 5.41. The van der Waals surface area contributed by atoms with Crippen molar-refractivity contribution in [3.05, 3.63) is 24.3 Å². The number of nitrogens with zero attached hydrogens (tertiary/aromatic N) is 1. The average Bonchev–Trinajstić information content (AvgIpc) is 2.76. The predicted octanol–water partition coefficient (Wildman–Crippen LogP) is 3.68. The topological polar surface area (TPSA) is 52.0 Å². The molecule has 3 rings (SSSR count). The molecule has 1 aromatic heterocycles. The van der Waals surface area contributed by atoms with Gasteiger partial charge in [-0.3, -0.25) is 0 Å². The number of oxazole rings is 1. The second kappa shape index (κ2) is 5.17. The highest BCUT2D eigenvalue weighted by Gasteiger charge is 2.33. The first-order chi connectivity index (χ1) is 9.13. The van der Waals surface area contributed by atoms with Gasteiger partial charge in [0.1, 0.15) is 5.52 Å². The summed E-state index contributed by atoms with van der Waals surface area (Å²) in [5, 5.41) is 1.16. The van der Waals surface area contributed by atoms with Crippen molar-refractivity contribution in [1.29, 1.82) is 0 Å². The second-order valence-electron chi connectivity index (χ2n) is 5.75. The Hall–Kier alpha value is -1.00. The van der Waals surface area contributed by atoms with Crippen LogP contribution in [0.4, 0.5) is 0 Å². The van der Waals surface area contributed by atoms with Crippen LogP contribution >= 0.6 is 11.8 Å². The van der Waals surface area contributed by atoms with Crippen molar-refractivity contribution in [1.82, 2.24) is 4.98 Å². The summed E-state index contributed by atoms with van der Waals surface area (Å²) in [4.78, 5) is 4.54. The van der Waals surface area contributed by atoms with Crippen LogP contribution < -0.4 is 5.73 Å². The summed E-state index contributed by atoms with van der Waals surface area (Å²) in [7, 11) is 0. The molecule has 0 amide bonds. The standard InChI is InChI=1S/C15H20N2OS/c1-9-7-10(2)14(11(16)8-9)19-15-17-12-5-3-4-6-13(12)18-15/h3-6,9-11,14H,7-8,16H2,1-2H3. The molecule has 0 radical (unpaired) electrons. The maximum Gasteiger partial charge on any atom is 0.257 e. The molecule has 0 saturated heterocycles. The molecule has 4 atom stereocenters. The maximum absolute atomic E-state index is 6.31. The number of thioether (sulfide) groups is 1. The number of hydrogen-bond acceptors (Lipinski definition) is 4. The predicted molar refractivity (Wildman–Crippen MR) is 79.2 cm³/mol. The Labute approximate surface area is 118 Å². The zero-order valence-corrected chi connectivity index (χ0v) is 12.2. The quantitative estimate of drug-likeness (QED) is 0.909. The van der Waals surface area contributed by atoms with E-state index in [1.54, 1.807) is 11.8 Å². The van der Waals surface area contributed by atoms with Crippen LogP contribution in [0.1, 0.15) is 26.7 Å². The molecule has 1 aromatic carbocycles. The van der Waals surface area contributed by atoms with Crippen molar-refractivity contribution in [2.75, 3.05) is 0 Å². The van der Waals surface area contributed by atoms with Crippen LogP contribution in [0.5, 0.6) is 0 Å². The second-order valence-corrected chi connectivity index (χ2v) is 6.88. The molecule has 0 aliphatic heterocycles. The van der Waals surface area contributed by atoms with Gasteiger partial charge < -0.3 is 10.2 Å². The molecule has 2 aromatic rings. The summed E-state index contributed by atoms with van der Waals surface area (Å²) >= 11 is 1.71. The number of hydrogen-bond donors (Lipinski definition) is 1. The van der Waals surface area contributed by atoms with E-state index in [-0.39, 0.29) is 6.04 Å². The van der Waals surface area contributed by atoms with Gasteiger partial charge in [0.2, 0.25) is 0 Å². The number of nitrogens with two attached hydrogens (primary N) is 1. The first-order valence-electron chi connectivity index (χ1n) is 6.91. The Morgan fingerprint density at radius 2 is 2.05 bits per heavy atom. The Morgan fingerprint density at radius 1 is 1.26 bits per heavy atom. The van der Waals surface area contributed by atoms with E-state index in [0.717, 1.165) is 28.7 Å². The summed E-state index contributed by atoms with van der Waals surface area (Å²) in [6.07, 6.45) is 2.34. The zero-order valence-electron chi connectivity index (χ0n) is 11.4. The molecule has 102 valence electrons. The van der Waals surface area contributed by atoms with Gasteiger partial charge in [-0.25, -0.2) is 4.98 Å². The van der Waals surface area contributed by atoms with Crippen molar-refractivity contribution in [2.45, 2.75) is 43.2 Å². The smallest absolute Gasteiger partial charge is 0.257 e. The fourth-order valence-electron chi connectivity index (χ4n) is 3.11. The lowest BCUT2D eigenvalue weighted by Crippen LogP contribution is -2.42. The lowest BCUT2D eigenvalue weighted by molar-refractivity contribution is 0.278. The first-order valence-corrected chi connectivity index (χ1v) is 7.79. The maximum atomic E-state index is 6.31. The third-order valence-electron chi connectivity index (χ3n) is 3.94. The summed E-state index contributed by atoms with van der Waals surface area (Å²) in [6.45, 7) is 4.58. The molecule has 4 heteroatoms. The molecular formula is C15H20N2OS. The number of aromatic nitrogens is 1. The normalized spacial score (nSPS) is 31.7. The minimum atomic E-state index is 0.235. The average molecular weight is 276 g/mol. The van der Waals surface area contributed by atoms with Crippen LogP contribution in [0.2, 0.25) is 0 Å². The Morgan fingerprint density at radius 3 is 2.79 bits per heavy atom. The van der Waals surface area contributed by atoms with Gasteiger partial charge in [-0.2, -0.15) is 0 Å². The summed E-state index contributed by atoms with van der Waals surface area (Å²) in [5.74, 6) is 1.34. The van der Waals surface area contributed by atoms with E-state index in [0.29, 0.717) is 11.2 Å². The molecule has 19 heavy (non-hydrogen) atoms. The molecule has 4 unspecified atom stereocenters. The van der Waals surface area contributed by atoms with Gasteiger partial charge in [0, 0.05) is 11.3 Å². The van der Waals surface area contributed by atoms with Gasteiger partial charge in [0.15, 0.2) is 5.58 Å². The van der Waals surface area contributed by atoms with Crippen molar-refractivity contribution in [3.8, 4) is 0 Å². The monoisotopic (exact) mass is 276 g/mol. The highest BCUT2D eigenvalue weighted by Crippen LogP contribution is 2.39. The Bertz CT molecular complexity index is 523. The minimum Gasteiger partial charge on any atom is -0.431 e. The summed E-state index contributed by atoms with van der Waals surface area (Å²) in [5.41, 5.74) is 8.09. The van der Waals surface area contributed by atoms with Crippen LogP contribution in [-0.2, 0) is 0 Å². The van der Waals surface area contributed by atoms with E-state index in [9.17, 15) is 0 Å². The van der Waals surface area contributed by atoms with Gasteiger partial charge in [-0.15, -0.1) is 0 Å². The molecule has 1 fully saturated rings. The Kier molecular flexibility index (Phi) is 3.54. The molecule has 1 heterocycles. The van der Waals surface area contributed by atoms with Gasteiger partial charge >= 0.3 is 0 Å². The SMILES string of the molecule is CC1CC(C)C(Sc2nc3ccccc3o2)C(N)C1. The lowest BCUT2D eigenvalue weighted by Gasteiger charge is -2.36. The summed E-state index contributed by atoms with van der Waals surface area (Å²) < 4.78 is 5.79. The molecule has 0 spiro atoms. The van der Waals surface area contributed by atoms with Gasteiger partial charge in [0.05, 0.1) is 0 Å². The highest BCUT2D eigenvalue weighted by atomic mass is 32.2. The van der Waals surface area contributed by atoms with Crippen LogP contribution in [0.15, 0.2) is 33.9 Å². The van der Waals surface area contributed by atoms with E-state index in [1.807, 2.05) is 24.3 Å². The molecule has 3 nitrogen and oxygen atoms in total. The fourth-order valence-corrected chi connectivity index (χ4v) is 4.26. The van der Waals surface area contributed by atoms with E-state index >= 15 is 0 Å².